The summed E-state index contributed by atoms with van der Waals surface area (Å²) < 4.78 is 6.11. The Bertz CT molecular complexity index is 691. The van der Waals surface area contributed by atoms with Crippen LogP contribution >= 0.6 is 27.5 Å². The summed E-state index contributed by atoms with van der Waals surface area (Å²) in [7, 11) is 0. The first-order valence-electron chi connectivity index (χ1n) is 6.42. The number of fused-ring (bicyclic) bond motifs is 1. The third-order valence-corrected chi connectivity index (χ3v) is 4.40. The predicted octanol–water partition coefficient (Wildman–Crippen LogP) is 2.45. The lowest BCUT2D eigenvalue weighted by Crippen LogP contribution is -2.47. The Kier molecular flexibility index (Phi) is 4.23. The molecule has 0 saturated carbocycles. The van der Waals surface area contributed by atoms with Crippen molar-refractivity contribution in [1.82, 2.24) is 20.2 Å². The van der Waals surface area contributed by atoms with Gasteiger partial charge in [0.2, 0.25) is 5.88 Å². The number of piperazine rings is 1. The minimum absolute atomic E-state index is 0.237. The van der Waals surface area contributed by atoms with Crippen LogP contribution in [0.25, 0.3) is 10.9 Å². The average molecular weight is 372 g/mol. The van der Waals surface area contributed by atoms with Gasteiger partial charge in [-0.25, -0.2) is 14.8 Å². The Morgan fingerprint density at radius 1 is 1.33 bits per heavy atom. The van der Waals surface area contributed by atoms with Crippen LogP contribution in [0.4, 0.5) is 4.79 Å². The topological polar surface area (TPSA) is 67.3 Å². The molecule has 0 bridgehead atoms. The van der Waals surface area contributed by atoms with Crippen molar-refractivity contribution in [3.8, 4) is 5.88 Å². The van der Waals surface area contributed by atoms with Crippen LogP contribution in [-0.4, -0.2) is 47.1 Å². The van der Waals surface area contributed by atoms with Gasteiger partial charge in [-0.2, -0.15) is 0 Å². The SMILES string of the molecule is O=C(Oc1ncnc2cc(Cl)c(Br)cc12)N1CCNCC1. The fourth-order valence-electron chi connectivity index (χ4n) is 2.10. The van der Waals surface area contributed by atoms with E-state index < -0.39 is 6.09 Å². The molecule has 1 aromatic carbocycles. The molecule has 1 amide bonds. The van der Waals surface area contributed by atoms with E-state index in [-0.39, 0.29) is 5.88 Å². The number of hydrogen-bond donors (Lipinski definition) is 1. The van der Waals surface area contributed by atoms with Crippen LogP contribution in [0.3, 0.4) is 0 Å². The van der Waals surface area contributed by atoms with E-state index in [9.17, 15) is 4.79 Å². The molecule has 0 aliphatic carbocycles. The lowest BCUT2D eigenvalue weighted by molar-refractivity contribution is 0.144. The Labute approximate surface area is 134 Å². The molecule has 2 aromatic rings. The van der Waals surface area contributed by atoms with Crippen molar-refractivity contribution < 1.29 is 9.53 Å². The van der Waals surface area contributed by atoms with Crippen LogP contribution in [0.2, 0.25) is 5.02 Å². The Morgan fingerprint density at radius 3 is 2.86 bits per heavy atom. The number of rotatable bonds is 1. The van der Waals surface area contributed by atoms with Crippen LogP contribution in [0.5, 0.6) is 5.88 Å². The minimum atomic E-state index is -0.400. The second kappa shape index (κ2) is 6.13. The molecule has 0 atom stereocenters. The zero-order valence-electron chi connectivity index (χ0n) is 11.0. The Balaban J connectivity index is 1.89. The molecule has 110 valence electrons. The number of halogens is 2. The summed E-state index contributed by atoms with van der Waals surface area (Å²) in [4.78, 5) is 22.0. The average Bonchev–Trinajstić information content (AvgIpc) is 2.50. The van der Waals surface area contributed by atoms with E-state index in [0.29, 0.717) is 33.5 Å². The quantitative estimate of drug-likeness (QED) is 0.834. The molecule has 2 heterocycles. The molecule has 1 aromatic heterocycles. The van der Waals surface area contributed by atoms with E-state index >= 15 is 0 Å². The highest BCUT2D eigenvalue weighted by Gasteiger charge is 2.20. The fourth-order valence-corrected chi connectivity index (χ4v) is 2.60. The molecule has 1 aliphatic heterocycles. The van der Waals surface area contributed by atoms with Crippen molar-refractivity contribution in [1.29, 1.82) is 0 Å². The van der Waals surface area contributed by atoms with Crippen molar-refractivity contribution in [2.45, 2.75) is 0 Å². The molecule has 8 heteroatoms. The first kappa shape index (κ1) is 14.5. The van der Waals surface area contributed by atoms with E-state index in [1.54, 1.807) is 17.0 Å². The normalized spacial score (nSPS) is 15.2. The molecule has 1 aliphatic rings. The largest absolute Gasteiger partial charge is 0.416 e. The smallest absolute Gasteiger partial charge is 0.390 e. The highest BCUT2D eigenvalue weighted by Crippen LogP contribution is 2.31. The molecule has 1 N–H and O–H groups in total. The molecule has 1 fully saturated rings. The standard InChI is InChI=1S/C13H12BrClN4O2/c14-9-5-8-11(6-10(9)15)17-7-18-12(8)21-13(20)19-3-1-16-2-4-19/h5-7,16H,1-4H2. The maximum absolute atomic E-state index is 12.1. The van der Waals surface area contributed by atoms with E-state index in [1.807, 2.05) is 0 Å². The first-order valence-corrected chi connectivity index (χ1v) is 7.59. The number of nitrogens with zero attached hydrogens (tertiary/aromatic N) is 3. The number of amides is 1. The lowest BCUT2D eigenvalue weighted by Gasteiger charge is -2.26. The van der Waals surface area contributed by atoms with E-state index in [4.69, 9.17) is 16.3 Å². The lowest BCUT2D eigenvalue weighted by atomic mass is 10.2. The van der Waals surface area contributed by atoms with Crippen LogP contribution < -0.4 is 10.1 Å². The number of aromatic nitrogens is 2. The zero-order chi connectivity index (χ0) is 14.8. The van der Waals surface area contributed by atoms with Gasteiger partial charge in [0, 0.05) is 30.7 Å². The summed E-state index contributed by atoms with van der Waals surface area (Å²) in [6.45, 7) is 2.77. The molecule has 0 spiro atoms. The van der Waals surface area contributed by atoms with Gasteiger partial charge in [0.25, 0.3) is 0 Å². The van der Waals surface area contributed by atoms with Gasteiger partial charge in [-0.05, 0) is 28.1 Å². The first-order chi connectivity index (χ1) is 10.1. The summed E-state index contributed by atoms with van der Waals surface area (Å²) in [6.07, 6.45) is 0.954. The minimum Gasteiger partial charge on any atom is -0.390 e. The Morgan fingerprint density at radius 2 is 2.10 bits per heavy atom. The molecule has 0 radical (unpaired) electrons. The van der Waals surface area contributed by atoms with Gasteiger partial charge >= 0.3 is 6.09 Å². The summed E-state index contributed by atoms with van der Waals surface area (Å²) >= 11 is 9.38. The van der Waals surface area contributed by atoms with Crippen LogP contribution in [0.15, 0.2) is 22.9 Å². The van der Waals surface area contributed by atoms with Gasteiger partial charge in [0.1, 0.15) is 6.33 Å². The molecule has 3 rings (SSSR count). The van der Waals surface area contributed by atoms with Crippen molar-refractivity contribution >= 4 is 44.5 Å². The number of nitrogens with one attached hydrogen (secondary N) is 1. The summed E-state index contributed by atoms with van der Waals surface area (Å²) in [5.41, 5.74) is 0.626. The molecule has 6 nitrogen and oxygen atoms in total. The molecule has 21 heavy (non-hydrogen) atoms. The van der Waals surface area contributed by atoms with Gasteiger partial charge in [0.15, 0.2) is 0 Å². The summed E-state index contributed by atoms with van der Waals surface area (Å²) in [5.74, 6) is 0.237. The van der Waals surface area contributed by atoms with Crippen molar-refractivity contribution in [2.75, 3.05) is 26.2 Å². The molecular weight excluding hydrogens is 360 g/mol. The van der Waals surface area contributed by atoms with Gasteiger partial charge < -0.3 is 15.0 Å². The molecule has 0 unspecified atom stereocenters. The van der Waals surface area contributed by atoms with Crippen LogP contribution in [0.1, 0.15) is 0 Å². The number of carbonyl (C=O) groups is 1. The van der Waals surface area contributed by atoms with Gasteiger partial charge in [-0.15, -0.1) is 0 Å². The molecule has 1 saturated heterocycles. The maximum atomic E-state index is 12.1. The zero-order valence-corrected chi connectivity index (χ0v) is 13.3. The fraction of sp³-hybridized carbons (Fsp3) is 0.308. The van der Waals surface area contributed by atoms with Crippen molar-refractivity contribution in [3.05, 3.63) is 28.0 Å². The highest BCUT2D eigenvalue weighted by molar-refractivity contribution is 9.10. The van der Waals surface area contributed by atoms with Crippen molar-refractivity contribution in [3.63, 3.8) is 0 Å². The number of carbonyl (C=O) groups excluding carboxylic acids is 1. The Hall–Kier alpha value is -1.44. The predicted molar refractivity (Wildman–Crippen MR) is 82.7 cm³/mol. The van der Waals surface area contributed by atoms with E-state index in [0.717, 1.165) is 13.1 Å². The third kappa shape index (κ3) is 3.09. The van der Waals surface area contributed by atoms with Gasteiger partial charge in [-0.1, -0.05) is 11.6 Å². The number of ether oxygens (including phenoxy) is 1. The van der Waals surface area contributed by atoms with E-state index in [2.05, 4.69) is 31.2 Å². The maximum Gasteiger partial charge on any atom is 0.416 e. The van der Waals surface area contributed by atoms with Crippen LogP contribution in [0, 0.1) is 0 Å². The van der Waals surface area contributed by atoms with E-state index in [1.165, 1.54) is 6.33 Å². The highest BCUT2D eigenvalue weighted by atomic mass is 79.9. The molecular formula is C13H12BrClN4O2. The summed E-state index contributed by atoms with van der Waals surface area (Å²) in [5, 5.41) is 4.36. The van der Waals surface area contributed by atoms with Crippen molar-refractivity contribution in [2.24, 2.45) is 0 Å². The number of hydrogen-bond acceptors (Lipinski definition) is 5. The second-order valence-electron chi connectivity index (χ2n) is 4.57. The number of benzene rings is 1. The monoisotopic (exact) mass is 370 g/mol. The second-order valence-corrected chi connectivity index (χ2v) is 5.83. The third-order valence-electron chi connectivity index (χ3n) is 3.20. The van der Waals surface area contributed by atoms with Crippen LogP contribution in [-0.2, 0) is 0 Å². The van der Waals surface area contributed by atoms with Gasteiger partial charge in [-0.3, -0.25) is 0 Å². The summed E-state index contributed by atoms with van der Waals surface area (Å²) in [6, 6.07) is 3.45. The van der Waals surface area contributed by atoms with Gasteiger partial charge in [0.05, 0.1) is 15.9 Å².